The number of esters is 1. The van der Waals surface area contributed by atoms with Crippen molar-refractivity contribution in [2.45, 2.75) is 39.2 Å². The molecule has 2 bridgehead atoms. The minimum absolute atomic E-state index is 0.246. The van der Waals surface area contributed by atoms with Gasteiger partial charge in [-0.25, -0.2) is 4.79 Å². The van der Waals surface area contributed by atoms with Gasteiger partial charge in [0, 0.05) is 10.7 Å². The normalized spacial score (nSPS) is 28.1. The number of ether oxygens (including phenoxy) is 1. The van der Waals surface area contributed by atoms with Crippen LogP contribution in [0.15, 0.2) is 24.3 Å². The average molecular weight is 433 g/mol. The molecule has 0 unspecified atom stereocenters. The third-order valence-electron chi connectivity index (χ3n) is 6.59. The lowest BCUT2D eigenvalue weighted by Gasteiger charge is -2.28. The van der Waals surface area contributed by atoms with Crippen LogP contribution in [-0.2, 0) is 23.9 Å². The van der Waals surface area contributed by atoms with Crippen molar-refractivity contribution in [2.24, 2.45) is 29.6 Å². The summed E-state index contributed by atoms with van der Waals surface area (Å²) in [6, 6.07) is 5.51. The van der Waals surface area contributed by atoms with Crippen LogP contribution in [0.5, 0.6) is 0 Å². The molecule has 3 amide bonds. The molecule has 1 saturated heterocycles. The first kappa shape index (κ1) is 20.8. The van der Waals surface area contributed by atoms with Gasteiger partial charge in [-0.1, -0.05) is 25.4 Å². The molecule has 160 valence electrons. The summed E-state index contributed by atoms with van der Waals surface area (Å²) < 4.78 is 5.20. The molecule has 1 N–H and O–H groups in total. The first-order valence-electron chi connectivity index (χ1n) is 10.4. The van der Waals surface area contributed by atoms with Gasteiger partial charge < -0.3 is 10.1 Å². The van der Waals surface area contributed by atoms with Crippen LogP contribution in [0, 0.1) is 29.6 Å². The molecule has 7 nitrogen and oxygen atoms in total. The van der Waals surface area contributed by atoms with Gasteiger partial charge in [0.05, 0.1) is 11.8 Å². The van der Waals surface area contributed by atoms with Gasteiger partial charge in [-0.2, -0.15) is 0 Å². The van der Waals surface area contributed by atoms with Crippen LogP contribution in [0.25, 0.3) is 0 Å². The summed E-state index contributed by atoms with van der Waals surface area (Å²) >= 11 is 5.82. The fraction of sp³-hybridized carbons (Fsp3) is 0.545. The zero-order valence-corrected chi connectivity index (χ0v) is 17.7. The number of nitrogens with zero attached hydrogens (tertiary/aromatic N) is 1. The molecule has 1 aromatic rings. The fourth-order valence-corrected chi connectivity index (χ4v) is 5.46. The first-order chi connectivity index (χ1) is 14.3. The maximum Gasteiger partial charge on any atom is 0.330 e. The van der Waals surface area contributed by atoms with Crippen molar-refractivity contribution >= 4 is 41.0 Å². The van der Waals surface area contributed by atoms with Gasteiger partial charge in [0.2, 0.25) is 11.8 Å². The van der Waals surface area contributed by atoms with E-state index in [2.05, 4.69) is 5.32 Å². The van der Waals surface area contributed by atoms with Gasteiger partial charge in [0.15, 0.2) is 6.61 Å². The number of carbonyl (C=O) groups is 4. The van der Waals surface area contributed by atoms with E-state index in [9.17, 15) is 19.2 Å². The molecule has 1 aliphatic heterocycles. The molecule has 0 spiro atoms. The van der Waals surface area contributed by atoms with Crippen molar-refractivity contribution in [1.82, 2.24) is 4.90 Å². The van der Waals surface area contributed by atoms with Crippen LogP contribution in [0.4, 0.5) is 5.69 Å². The molecule has 2 saturated carbocycles. The second-order valence-corrected chi connectivity index (χ2v) is 9.22. The molecule has 8 heteroatoms. The van der Waals surface area contributed by atoms with Crippen LogP contribution < -0.4 is 5.32 Å². The quantitative estimate of drug-likeness (QED) is 0.551. The van der Waals surface area contributed by atoms with E-state index in [1.807, 2.05) is 0 Å². The summed E-state index contributed by atoms with van der Waals surface area (Å²) in [5.74, 6) is -2.16. The molecule has 3 aliphatic rings. The molecule has 5 atom stereocenters. The number of fused-ring (bicyclic) bond motifs is 5. The lowest BCUT2D eigenvalue weighted by Crippen LogP contribution is -2.50. The number of hydrogen-bond donors (Lipinski definition) is 1. The predicted octanol–water partition coefficient (Wildman–Crippen LogP) is 2.88. The van der Waals surface area contributed by atoms with E-state index in [-0.39, 0.29) is 41.4 Å². The van der Waals surface area contributed by atoms with Crippen LogP contribution in [-0.4, -0.2) is 41.2 Å². The van der Waals surface area contributed by atoms with Crippen molar-refractivity contribution in [2.75, 3.05) is 11.9 Å². The van der Waals surface area contributed by atoms with Crippen molar-refractivity contribution in [3.05, 3.63) is 29.3 Å². The van der Waals surface area contributed by atoms with Crippen molar-refractivity contribution in [1.29, 1.82) is 0 Å². The highest BCUT2D eigenvalue weighted by molar-refractivity contribution is 6.30. The SMILES string of the molecule is CC(C)[C@H](C(=O)OCC(=O)Nc1ccc(Cl)cc1)N1C(=O)[C@@H]2[C@H]3CC[C@@H](C3)[C@H]2C1=O. The highest BCUT2D eigenvalue weighted by atomic mass is 35.5. The van der Waals surface area contributed by atoms with E-state index < -0.39 is 24.5 Å². The molecular weight excluding hydrogens is 408 g/mol. The average Bonchev–Trinajstić information content (AvgIpc) is 3.38. The maximum atomic E-state index is 13.1. The highest BCUT2D eigenvalue weighted by Crippen LogP contribution is 2.56. The van der Waals surface area contributed by atoms with E-state index in [1.165, 1.54) is 0 Å². The Morgan fingerprint density at radius 1 is 1.10 bits per heavy atom. The second-order valence-electron chi connectivity index (χ2n) is 8.78. The third-order valence-corrected chi connectivity index (χ3v) is 6.84. The van der Waals surface area contributed by atoms with Gasteiger partial charge in [-0.15, -0.1) is 0 Å². The van der Waals surface area contributed by atoms with E-state index in [1.54, 1.807) is 38.1 Å². The zero-order valence-electron chi connectivity index (χ0n) is 17.0. The number of hydrogen-bond acceptors (Lipinski definition) is 5. The van der Waals surface area contributed by atoms with Crippen molar-refractivity contribution < 1.29 is 23.9 Å². The van der Waals surface area contributed by atoms with Crippen LogP contribution in [0.3, 0.4) is 0 Å². The van der Waals surface area contributed by atoms with E-state index >= 15 is 0 Å². The Labute approximate surface area is 180 Å². The minimum atomic E-state index is -1.02. The number of amides is 3. The van der Waals surface area contributed by atoms with Crippen LogP contribution in [0.1, 0.15) is 33.1 Å². The Balaban J connectivity index is 1.41. The Bertz CT molecular complexity index is 856. The number of carbonyl (C=O) groups excluding carboxylic acids is 4. The number of nitrogens with one attached hydrogen (secondary N) is 1. The molecule has 0 radical (unpaired) electrons. The number of halogens is 1. The lowest BCUT2D eigenvalue weighted by atomic mass is 9.81. The number of benzene rings is 1. The van der Waals surface area contributed by atoms with E-state index in [0.29, 0.717) is 10.7 Å². The molecule has 0 aromatic heterocycles. The molecule has 2 aliphatic carbocycles. The Morgan fingerprint density at radius 2 is 1.67 bits per heavy atom. The summed E-state index contributed by atoms with van der Waals surface area (Å²) in [6.07, 6.45) is 2.88. The number of likely N-dealkylation sites (tertiary alicyclic amines) is 1. The van der Waals surface area contributed by atoms with Crippen LogP contribution in [0.2, 0.25) is 5.02 Å². The third kappa shape index (κ3) is 3.60. The largest absolute Gasteiger partial charge is 0.454 e. The van der Waals surface area contributed by atoms with E-state index in [0.717, 1.165) is 24.2 Å². The summed E-state index contributed by atoms with van der Waals surface area (Å²) in [5, 5.41) is 3.15. The summed E-state index contributed by atoms with van der Waals surface area (Å²) in [5.41, 5.74) is 0.522. The monoisotopic (exact) mass is 432 g/mol. The summed E-state index contributed by atoms with van der Waals surface area (Å²) in [4.78, 5) is 52.2. The van der Waals surface area contributed by atoms with Gasteiger partial charge in [-0.3, -0.25) is 19.3 Å². The topological polar surface area (TPSA) is 92.8 Å². The van der Waals surface area contributed by atoms with Gasteiger partial charge in [0.25, 0.3) is 5.91 Å². The molecule has 30 heavy (non-hydrogen) atoms. The Kier molecular flexibility index (Phi) is 5.57. The lowest BCUT2D eigenvalue weighted by molar-refractivity contribution is -0.162. The molecule has 4 rings (SSSR count). The van der Waals surface area contributed by atoms with Crippen LogP contribution >= 0.6 is 11.6 Å². The molecule has 1 heterocycles. The summed E-state index contributed by atoms with van der Waals surface area (Å²) in [6.45, 7) is 3.03. The smallest absolute Gasteiger partial charge is 0.330 e. The number of imide groups is 1. The number of anilines is 1. The predicted molar refractivity (Wildman–Crippen MR) is 109 cm³/mol. The molecule has 3 fully saturated rings. The molecular formula is C22H25ClN2O5. The van der Waals surface area contributed by atoms with Crippen molar-refractivity contribution in [3.63, 3.8) is 0 Å². The maximum absolute atomic E-state index is 13.1. The Morgan fingerprint density at radius 3 is 2.20 bits per heavy atom. The van der Waals surface area contributed by atoms with E-state index in [4.69, 9.17) is 16.3 Å². The highest BCUT2D eigenvalue weighted by Gasteiger charge is 2.62. The minimum Gasteiger partial charge on any atom is -0.454 e. The zero-order chi connectivity index (χ0) is 21.6. The van der Waals surface area contributed by atoms with Crippen molar-refractivity contribution in [3.8, 4) is 0 Å². The van der Waals surface area contributed by atoms with Gasteiger partial charge in [0.1, 0.15) is 6.04 Å². The Hall–Kier alpha value is -2.41. The summed E-state index contributed by atoms with van der Waals surface area (Å²) in [7, 11) is 0. The fourth-order valence-electron chi connectivity index (χ4n) is 5.33. The second kappa shape index (κ2) is 8.02. The van der Waals surface area contributed by atoms with Gasteiger partial charge >= 0.3 is 5.97 Å². The number of rotatable bonds is 6. The van der Waals surface area contributed by atoms with Gasteiger partial charge in [-0.05, 0) is 61.3 Å². The first-order valence-corrected chi connectivity index (χ1v) is 10.7. The standard InChI is InChI=1S/C22H25ClN2O5/c1-11(2)19(22(29)30-10-16(26)24-15-7-5-14(23)6-8-15)25-20(27)17-12-3-4-13(9-12)18(17)21(25)28/h5-8,11-13,17-19H,3-4,9-10H2,1-2H3,(H,24,26)/t12-,13-,17+,18+,19+/m0/s1. The molecule has 1 aromatic carbocycles.